The quantitative estimate of drug-likeness (QED) is 0.502. The highest BCUT2D eigenvalue weighted by atomic mass is 19.1. The van der Waals surface area contributed by atoms with E-state index >= 15 is 0 Å². The zero-order chi connectivity index (χ0) is 22.1. The van der Waals surface area contributed by atoms with Gasteiger partial charge in [0.15, 0.2) is 0 Å². The molecule has 3 N–H and O–H groups in total. The van der Waals surface area contributed by atoms with Crippen LogP contribution >= 0.6 is 0 Å². The standard InChI is InChI=1S/C24H26F3N3O/c1-13(2)29-21(31)12-28-11-14-7-16(8-14)22-19-9-18(26)10-20(27)24(19)30-23(22)15-3-5-17(25)6-4-15/h3-6,9-10,13-14,16,28,30H,7-8,11-12H2,1-2H3,(H,29,31). The van der Waals surface area contributed by atoms with Crippen LogP contribution in [0.5, 0.6) is 0 Å². The molecule has 2 aromatic carbocycles. The maximum atomic E-state index is 14.4. The van der Waals surface area contributed by atoms with Crippen molar-refractivity contribution in [1.29, 1.82) is 0 Å². The van der Waals surface area contributed by atoms with Crippen molar-refractivity contribution in [1.82, 2.24) is 15.6 Å². The van der Waals surface area contributed by atoms with Crippen LogP contribution in [0.15, 0.2) is 36.4 Å². The number of rotatable bonds is 7. The van der Waals surface area contributed by atoms with E-state index in [0.29, 0.717) is 23.5 Å². The van der Waals surface area contributed by atoms with Gasteiger partial charge in [-0.3, -0.25) is 4.79 Å². The van der Waals surface area contributed by atoms with Crippen LogP contribution in [0.2, 0.25) is 0 Å². The van der Waals surface area contributed by atoms with E-state index < -0.39 is 11.6 Å². The average molecular weight is 429 g/mol. The van der Waals surface area contributed by atoms with Crippen molar-refractivity contribution >= 4 is 16.8 Å². The number of aromatic nitrogens is 1. The molecule has 1 aliphatic carbocycles. The molecule has 1 fully saturated rings. The molecule has 1 aliphatic rings. The fourth-order valence-electron chi connectivity index (χ4n) is 4.41. The minimum atomic E-state index is -0.640. The first-order valence-corrected chi connectivity index (χ1v) is 10.6. The van der Waals surface area contributed by atoms with Gasteiger partial charge in [0.1, 0.15) is 17.5 Å². The predicted octanol–water partition coefficient (Wildman–Crippen LogP) is 4.86. The Morgan fingerprint density at radius 2 is 1.81 bits per heavy atom. The lowest BCUT2D eigenvalue weighted by Gasteiger charge is -2.36. The second kappa shape index (κ2) is 8.75. The van der Waals surface area contributed by atoms with Gasteiger partial charge >= 0.3 is 0 Å². The van der Waals surface area contributed by atoms with E-state index in [4.69, 9.17) is 0 Å². The molecule has 0 radical (unpaired) electrons. The van der Waals surface area contributed by atoms with Crippen LogP contribution in [-0.2, 0) is 4.79 Å². The lowest BCUT2D eigenvalue weighted by molar-refractivity contribution is -0.120. The summed E-state index contributed by atoms with van der Waals surface area (Å²) in [4.78, 5) is 14.9. The number of hydrogen-bond acceptors (Lipinski definition) is 2. The smallest absolute Gasteiger partial charge is 0.234 e. The first kappa shape index (κ1) is 21.4. The lowest BCUT2D eigenvalue weighted by Crippen LogP contribution is -2.40. The summed E-state index contributed by atoms with van der Waals surface area (Å²) in [7, 11) is 0. The number of aromatic amines is 1. The summed E-state index contributed by atoms with van der Waals surface area (Å²) in [6, 6.07) is 8.33. The van der Waals surface area contributed by atoms with Gasteiger partial charge in [-0.1, -0.05) is 0 Å². The Balaban J connectivity index is 1.53. The molecule has 0 aliphatic heterocycles. The van der Waals surface area contributed by atoms with Gasteiger partial charge in [-0.25, -0.2) is 13.2 Å². The number of halogens is 3. The number of hydrogen-bond donors (Lipinski definition) is 3. The van der Waals surface area contributed by atoms with Gasteiger partial charge in [-0.2, -0.15) is 0 Å². The van der Waals surface area contributed by atoms with Crippen molar-refractivity contribution in [3.05, 3.63) is 59.4 Å². The highest BCUT2D eigenvalue weighted by molar-refractivity contribution is 5.92. The molecule has 4 rings (SSSR count). The maximum absolute atomic E-state index is 14.4. The van der Waals surface area contributed by atoms with Gasteiger partial charge < -0.3 is 15.6 Å². The minimum absolute atomic E-state index is 0.0351. The number of carbonyl (C=O) groups excluding carboxylic acids is 1. The third kappa shape index (κ3) is 4.61. The number of nitrogens with one attached hydrogen (secondary N) is 3. The van der Waals surface area contributed by atoms with Crippen molar-refractivity contribution in [2.45, 2.75) is 38.6 Å². The molecule has 31 heavy (non-hydrogen) atoms. The van der Waals surface area contributed by atoms with Crippen LogP contribution in [-0.4, -0.2) is 30.0 Å². The summed E-state index contributed by atoms with van der Waals surface area (Å²) in [5.74, 6) is -1.14. The van der Waals surface area contributed by atoms with Crippen molar-refractivity contribution in [2.75, 3.05) is 13.1 Å². The Kier molecular flexibility index (Phi) is 6.05. The van der Waals surface area contributed by atoms with Gasteiger partial charge in [0.05, 0.1) is 17.8 Å². The Hall–Kier alpha value is -2.80. The van der Waals surface area contributed by atoms with Crippen molar-refractivity contribution < 1.29 is 18.0 Å². The molecule has 1 heterocycles. The highest BCUT2D eigenvalue weighted by Crippen LogP contribution is 2.48. The SMILES string of the molecule is CC(C)NC(=O)CNCC1CC(c2c(-c3ccc(F)cc3)[nH]c3c(F)cc(F)cc23)C1. The summed E-state index contributed by atoms with van der Waals surface area (Å²) >= 11 is 0. The first-order valence-electron chi connectivity index (χ1n) is 10.6. The van der Waals surface area contributed by atoms with Gasteiger partial charge in [-0.15, -0.1) is 0 Å². The molecule has 7 heteroatoms. The molecule has 1 amide bonds. The summed E-state index contributed by atoms with van der Waals surface area (Å²) < 4.78 is 41.8. The van der Waals surface area contributed by atoms with Crippen molar-refractivity contribution in [2.24, 2.45) is 5.92 Å². The molecule has 164 valence electrons. The molecular weight excluding hydrogens is 403 g/mol. The number of benzene rings is 2. The lowest BCUT2D eigenvalue weighted by atomic mass is 9.70. The van der Waals surface area contributed by atoms with E-state index in [2.05, 4.69) is 15.6 Å². The van der Waals surface area contributed by atoms with Crippen molar-refractivity contribution in [3.8, 4) is 11.3 Å². The van der Waals surface area contributed by atoms with Gasteiger partial charge in [-0.05, 0) is 86.5 Å². The normalized spacial score (nSPS) is 18.4. The van der Waals surface area contributed by atoms with E-state index in [1.807, 2.05) is 13.8 Å². The Morgan fingerprint density at radius 1 is 1.10 bits per heavy atom. The van der Waals surface area contributed by atoms with Gasteiger partial charge in [0, 0.05) is 17.5 Å². The number of H-pyrrole nitrogens is 1. The molecule has 0 atom stereocenters. The van der Waals surface area contributed by atoms with Gasteiger partial charge in [0.25, 0.3) is 0 Å². The molecule has 3 aromatic rings. The third-order valence-corrected chi connectivity index (χ3v) is 5.81. The summed E-state index contributed by atoms with van der Waals surface area (Å²) in [5, 5.41) is 6.56. The van der Waals surface area contributed by atoms with Crippen LogP contribution < -0.4 is 10.6 Å². The second-order valence-corrected chi connectivity index (χ2v) is 8.62. The topological polar surface area (TPSA) is 56.9 Å². The largest absolute Gasteiger partial charge is 0.353 e. The number of fused-ring (bicyclic) bond motifs is 1. The Bertz CT molecular complexity index is 1090. The van der Waals surface area contributed by atoms with Crippen LogP contribution in [0.25, 0.3) is 22.2 Å². The second-order valence-electron chi connectivity index (χ2n) is 8.62. The highest BCUT2D eigenvalue weighted by Gasteiger charge is 2.34. The van der Waals surface area contributed by atoms with E-state index in [-0.39, 0.29) is 35.7 Å². The zero-order valence-electron chi connectivity index (χ0n) is 17.6. The van der Waals surface area contributed by atoms with Gasteiger partial charge in [0.2, 0.25) is 5.91 Å². The molecule has 0 saturated heterocycles. The third-order valence-electron chi connectivity index (χ3n) is 5.81. The molecule has 0 spiro atoms. The Labute approximate surface area is 179 Å². The van der Waals surface area contributed by atoms with Crippen LogP contribution in [0, 0.1) is 23.4 Å². The fraction of sp³-hybridized carbons (Fsp3) is 0.375. The average Bonchev–Trinajstić information content (AvgIpc) is 3.03. The van der Waals surface area contributed by atoms with Crippen molar-refractivity contribution in [3.63, 3.8) is 0 Å². The molecule has 0 bridgehead atoms. The summed E-state index contributed by atoms with van der Waals surface area (Å²) in [6.07, 6.45) is 1.69. The van der Waals surface area contributed by atoms with Crippen LogP contribution in [0.3, 0.4) is 0 Å². The molecular formula is C24H26F3N3O. The Morgan fingerprint density at radius 3 is 2.48 bits per heavy atom. The van der Waals surface area contributed by atoms with Crippen LogP contribution in [0.1, 0.15) is 38.2 Å². The van der Waals surface area contributed by atoms with E-state index in [0.717, 1.165) is 30.0 Å². The van der Waals surface area contributed by atoms with E-state index in [1.54, 1.807) is 12.1 Å². The monoisotopic (exact) mass is 429 g/mol. The molecule has 1 saturated carbocycles. The maximum Gasteiger partial charge on any atom is 0.234 e. The first-order chi connectivity index (χ1) is 14.8. The summed E-state index contributed by atoms with van der Waals surface area (Å²) in [5.41, 5.74) is 2.57. The molecule has 4 nitrogen and oxygen atoms in total. The summed E-state index contributed by atoms with van der Waals surface area (Å²) in [6.45, 7) is 4.81. The van der Waals surface area contributed by atoms with E-state index in [9.17, 15) is 18.0 Å². The zero-order valence-corrected chi connectivity index (χ0v) is 17.6. The number of carbonyl (C=O) groups is 1. The number of amides is 1. The van der Waals surface area contributed by atoms with E-state index in [1.165, 1.54) is 18.2 Å². The minimum Gasteiger partial charge on any atom is -0.353 e. The van der Waals surface area contributed by atoms with Crippen LogP contribution in [0.4, 0.5) is 13.2 Å². The molecule has 0 unspecified atom stereocenters. The predicted molar refractivity (Wildman–Crippen MR) is 115 cm³/mol. The fourth-order valence-corrected chi connectivity index (χ4v) is 4.41. The molecule has 1 aromatic heterocycles.